The van der Waals surface area contributed by atoms with Crippen LogP contribution in [0.15, 0.2) is 35.5 Å². The van der Waals surface area contributed by atoms with Crippen LogP contribution in [-0.2, 0) is 0 Å². The second-order valence-electron chi connectivity index (χ2n) is 6.52. The van der Waals surface area contributed by atoms with Crippen molar-refractivity contribution in [1.82, 2.24) is 19.7 Å². The molecule has 120 valence electrons. The number of aromatic nitrogens is 4. The Balaban J connectivity index is 1.41. The molecule has 2 heterocycles. The van der Waals surface area contributed by atoms with Gasteiger partial charge in [-0.05, 0) is 44.6 Å². The number of nitrogens with zero attached hydrogens (tertiary/aromatic N) is 4. The Morgan fingerprint density at radius 3 is 2.52 bits per heavy atom. The van der Waals surface area contributed by atoms with Crippen LogP contribution < -0.4 is 10.9 Å². The van der Waals surface area contributed by atoms with Crippen molar-refractivity contribution in [1.29, 1.82) is 0 Å². The van der Waals surface area contributed by atoms with Gasteiger partial charge in [0.25, 0.3) is 5.56 Å². The Kier molecular flexibility index (Phi) is 3.81. The summed E-state index contributed by atoms with van der Waals surface area (Å²) < 4.78 is 1.63. The lowest BCUT2D eigenvalue weighted by Crippen LogP contribution is -2.33. The highest BCUT2D eigenvalue weighted by Crippen LogP contribution is 2.42. The molecule has 0 aliphatic heterocycles. The van der Waals surface area contributed by atoms with E-state index in [4.69, 9.17) is 0 Å². The Bertz CT molecular complexity index is 732. The number of hydrogen-bond acceptors (Lipinski definition) is 5. The van der Waals surface area contributed by atoms with Gasteiger partial charge in [-0.1, -0.05) is 0 Å². The minimum absolute atomic E-state index is 0.00569. The highest BCUT2D eigenvalue weighted by molar-refractivity contribution is 5.44. The van der Waals surface area contributed by atoms with Crippen LogP contribution >= 0.6 is 0 Å². The molecule has 23 heavy (non-hydrogen) atoms. The minimum Gasteiger partial charge on any atom is -0.366 e. The van der Waals surface area contributed by atoms with Crippen LogP contribution in [0.5, 0.6) is 0 Å². The van der Waals surface area contributed by atoms with E-state index in [-0.39, 0.29) is 11.6 Å². The summed E-state index contributed by atoms with van der Waals surface area (Å²) in [5, 5.41) is 7.79. The summed E-state index contributed by atoms with van der Waals surface area (Å²) in [6, 6.07) is 3.89. The van der Waals surface area contributed by atoms with E-state index in [0.29, 0.717) is 12.0 Å². The summed E-state index contributed by atoms with van der Waals surface area (Å²) in [6.45, 7) is 0. The third-order valence-electron chi connectivity index (χ3n) is 4.82. The molecular formula is C17H21N5O. The Labute approximate surface area is 135 Å². The van der Waals surface area contributed by atoms with E-state index in [1.165, 1.54) is 12.8 Å². The molecule has 2 aliphatic carbocycles. The molecule has 0 bridgehead atoms. The van der Waals surface area contributed by atoms with Crippen molar-refractivity contribution in [3.05, 3.63) is 46.8 Å². The Hall–Kier alpha value is -2.24. The van der Waals surface area contributed by atoms with E-state index < -0.39 is 0 Å². The fourth-order valence-electron chi connectivity index (χ4n) is 3.42. The van der Waals surface area contributed by atoms with Gasteiger partial charge in [-0.15, -0.1) is 0 Å². The van der Waals surface area contributed by atoms with E-state index in [1.54, 1.807) is 35.4 Å². The van der Waals surface area contributed by atoms with E-state index in [2.05, 4.69) is 20.4 Å². The molecule has 2 aliphatic rings. The molecule has 2 aromatic rings. The van der Waals surface area contributed by atoms with Crippen molar-refractivity contribution in [2.75, 3.05) is 5.32 Å². The van der Waals surface area contributed by atoms with Crippen molar-refractivity contribution in [3.63, 3.8) is 0 Å². The van der Waals surface area contributed by atoms with Gasteiger partial charge in [-0.25, -0.2) is 9.67 Å². The van der Waals surface area contributed by atoms with Crippen molar-refractivity contribution in [2.45, 2.75) is 56.5 Å². The molecule has 4 rings (SSSR count). The quantitative estimate of drug-likeness (QED) is 0.939. The van der Waals surface area contributed by atoms with E-state index >= 15 is 0 Å². The third kappa shape index (κ3) is 3.11. The first-order valence-corrected chi connectivity index (χ1v) is 8.42. The second kappa shape index (κ2) is 6.10. The molecule has 0 unspecified atom stereocenters. The predicted octanol–water partition coefficient (Wildman–Crippen LogP) is 2.51. The molecule has 2 saturated carbocycles. The van der Waals surface area contributed by atoms with Crippen LogP contribution in [0.4, 0.5) is 5.82 Å². The van der Waals surface area contributed by atoms with E-state index in [1.807, 2.05) is 0 Å². The lowest BCUT2D eigenvalue weighted by molar-refractivity contribution is 0.303. The maximum Gasteiger partial charge on any atom is 0.266 e. The zero-order valence-corrected chi connectivity index (χ0v) is 13.1. The third-order valence-corrected chi connectivity index (χ3v) is 4.82. The first-order chi connectivity index (χ1) is 11.3. The van der Waals surface area contributed by atoms with Crippen LogP contribution in [0.3, 0.4) is 0 Å². The summed E-state index contributed by atoms with van der Waals surface area (Å²) >= 11 is 0. The molecular weight excluding hydrogens is 290 g/mol. The summed E-state index contributed by atoms with van der Waals surface area (Å²) in [6.07, 6.45) is 11.7. The standard InChI is InChI=1S/C17H21N5O/c23-15-2-1-9-20-22(15)14-7-5-13(6-8-14)21-17-16(12-3-4-12)18-10-11-19-17/h1-2,9-14H,3-8H2,(H,19,21). The molecule has 0 spiro atoms. The summed E-state index contributed by atoms with van der Waals surface area (Å²) in [5.74, 6) is 1.54. The van der Waals surface area contributed by atoms with Crippen LogP contribution in [0, 0.1) is 0 Å². The number of hydrogen-bond donors (Lipinski definition) is 1. The average Bonchev–Trinajstić information content (AvgIpc) is 3.42. The first-order valence-electron chi connectivity index (χ1n) is 8.42. The zero-order valence-electron chi connectivity index (χ0n) is 13.1. The maximum atomic E-state index is 11.9. The SMILES string of the molecule is O=c1cccnn1C1CCC(Nc2nccnc2C2CC2)CC1. The van der Waals surface area contributed by atoms with Gasteiger partial charge in [0.05, 0.1) is 11.7 Å². The number of nitrogens with one attached hydrogen (secondary N) is 1. The Morgan fingerprint density at radius 2 is 1.78 bits per heavy atom. The van der Waals surface area contributed by atoms with Gasteiger partial charge >= 0.3 is 0 Å². The van der Waals surface area contributed by atoms with Crippen LogP contribution in [0.1, 0.15) is 56.2 Å². The first kappa shape index (κ1) is 14.4. The molecule has 1 N–H and O–H groups in total. The lowest BCUT2D eigenvalue weighted by atomic mass is 9.91. The highest BCUT2D eigenvalue weighted by atomic mass is 16.1. The topological polar surface area (TPSA) is 72.7 Å². The van der Waals surface area contributed by atoms with Crippen molar-refractivity contribution in [2.24, 2.45) is 0 Å². The fraction of sp³-hybridized carbons (Fsp3) is 0.529. The van der Waals surface area contributed by atoms with Gasteiger partial charge in [0.1, 0.15) is 5.82 Å². The second-order valence-corrected chi connectivity index (χ2v) is 6.52. The molecule has 0 aromatic carbocycles. The van der Waals surface area contributed by atoms with Crippen molar-refractivity contribution >= 4 is 5.82 Å². The maximum absolute atomic E-state index is 11.9. The smallest absolute Gasteiger partial charge is 0.266 e. The van der Waals surface area contributed by atoms with E-state index in [9.17, 15) is 4.79 Å². The van der Waals surface area contributed by atoms with Crippen molar-refractivity contribution < 1.29 is 0 Å². The van der Waals surface area contributed by atoms with Crippen LogP contribution in [0.2, 0.25) is 0 Å². The van der Waals surface area contributed by atoms with Gasteiger partial charge < -0.3 is 5.32 Å². The lowest BCUT2D eigenvalue weighted by Gasteiger charge is -2.30. The van der Waals surface area contributed by atoms with Gasteiger partial charge in [0, 0.05) is 36.6 Å². The summed E-state index contributed by atoms with van der Waals surface area (Å²) in [7, 11) is 0. The molecule has 6 nitrogen and oxygen atoms in total. The monoisotopic (exact) mass is 311 g/mol. The number of anilines is 1. The van der Waals surface area contributed by atoms with Gasteiger partial charge in [0.15, 0.2) is 0 Å². The largest absolute Gasteiger partial charge is 0.366 e. The van der Waals surface area contributed by atoms with Crippen LogP contribution in [0.25, 0.3) is 0 Å². The van der Waals surface area contributed by atoms with Gasteiger partial charge in [0.2, 0.25) is 0 Å². The molecule has 0 radical (unpaired) electrons. The Morgan fingerprint density at radius 1 is 1.00 bits per heavy atom. The average molecular weight is 311 g/mol. The van der Waals surface area contributed by atoms with Crippen molar-refractivity contribution in [3.8, 4) is 0 Å². The molecule has 0 atom stereocenters. The van der Waals surface area contributed by atoms with Gasteiger partial charge in [-0.2, -0.15) is 5.10 Å². The number of rotatable bonds is 4. The molecule has 0 amide bonds. The normalized spacial score (nSPS) is 24.3. The van der Waals surface area contributed by atoms with E-state index in [0.717, 1.165) is 37.2 Å². The molecule has 0 saturated heterocycles. The molecule has 2 fully saturated rings. The summed E-state index contributed by atoms with van der Waals surface area (Å²) in [5.41, 5.74) is 1.12. The highest BCUT2D eigenvalue weighted by Gasteiger charge is 2.30. The molecule has 6 heteroatoms. The van der Waals surface area contributed by atoms with Gasteiger partial charge in [-0.3, -0.25) is 9.78 Å². The predicted molar refractivity (Wildman–Crippen MR) is 87.4 cm³/mol. The fourth-order valence-corrected chi connectivity index (χ4v) is 3.42. The van der Waals surface area contributed by atoms with Crippen LogP contribution in [-0.4, -0.2) is 25.8 Å². The minimum atomic E-state index is -0.00569. The molecule has 2 aromatic heterocycles. The zero-order chi connectivity index (χ0) is 15.6. The summed E-state index contributed by atoms with van der Waals surface area (Å²) in [4.78, 5) is 20.9.